The first kappa shape index (κ1) is 20.6. The first-order valence-corrected chi connectivity index (χ1v) is 9.07. The van der Waals surface area contributed by atoms with E-state index in [4.69, 9.17) is 15.2 Å². The van der Waals surface area contributed by atoms with Gasteiger partial charge < -0.3 is 25.8 Å². The molecule has 0 radical (unpaired) electrons. The normalized spacial score (nSPS) is 11.0. The molecule has 0 saturated heterocycles. The molecule has 0 saturated carbocycles. The Labute approximate surface area is 167 Å². The maximum atomic E-state index is 12.1. The van der Waals surface area contributed by atoms with Crippen molar-refractivity contribution < 1.29 is 14.3 Å². The van der Waals surface area contributed by atoms with Gasteiger partial charge in [-0.2, -0.15) is 0 Å². The SMILES string of the molecule is COc1ccc(OC)c(NC(N)=NCCC(=O)Nc2ccc(Br)cc2C)c1. The average molecular weight is 435 g/mol. The minimum Gasteiger partial charge on any atom is -0.497 e. The number of aliphatic imine (C=N–C) groups is 1. The van der Waals surface area contributed by atoms with Gasteiger partial charge in [0.2, 0.25) is 5.91 Å². The Morgan fingerprint density at radius 3 is 2.56 bits per heavy atom. The number of nitrogens with zero attached hydrogens (tertiary/aromatic N) is 1. The van der Waals surface area contributed by atoms with Gasteiger partial charge in [-0.15, -0.1) is 0 Å². The third kappa shape index (κ3) is 6.18. The number of carbonyl (C=O) groups excluding carboxylic acids is 1. The summed E-state index contributed by atoms with van der Waals surface area (Å²) in [4.78, 5) is 16.3. The monoisotopic (exact) mass is 434 g/mol. The second-order valence-electron chi connectivity index (χ2n) is 5.72. The van der Waals surface area contributed by atoms with Gasteiger partial charge in [-0.25, -0.2) is 0 Å². The number of amides is 1. The van der Waals surface area contributed by atoms with Crippen LogP contribution in [0.25, 0.3) is 0 Å². The van der Waals surface area contributed by atoms with Crippen molar-refractivity contribution in [3.8, 4) is 11.5 Å². The van der Waals surface area contributed by atoms with Gasteiger partial charge in [0.15, 0.2) is 5.96 Å². The van der Waals surface area contributed by atoms with Crippen molar-refractivity contribution in [2.45, 2.75) is 13.3 Å². The van der Waals surface area contributed by atoms with Gasteiger partial charge in [-0.05, 0) is 42.8 Å². The number of anilines is 2. The number of halogens is 1. The van der Waals surface area contributed by atoms with Gasteiger partial charge in [0, 0.05) is 22.6 Å². The average Bonchev–Trinajstić information content (AvgIpc) is 2.64. The summed E-state index contributed by atoms with van der Waals surface area (Å²) in [6, 6.07) is 11.0. The summed E-state index contributed by atoms with van der Waals surface area (Å²) in [6.07, 6.45) is 0.215. The molecule has 7 nitrogen and oxygen atoms in total. The van der Waals surface area contributed by atoms with Crippen molar-refractivity contribution in [2.24, 2.45) is 10.7 Å². The van der Waals surface area contributed by atoms with E-state index in [2.05, 4.69) is 31.6 Å². The van der Waals surface area contributed by atoms with Crippen LogP contribution in [-0.4, -0.2) is 32.6 Å². The van der Waals surface area contributed by atoms with Crippen LogP contribution >= 0.6 is 15.9 Å². The van der Waals surface area contributed by atoms with E-state index in [1.807, 2.05) is 25.1 Å². The summed E-state index contributed by atoms with van der Waals surface area (Å²) in [5.74, 6) is 1.33. The second-order valence-corrected chi connectivity index (χ2v) is 6.63. The predicted molar refractivity (Wildman–Crippen MR) is 112 cm³/mol. The molecule has 0 spiro atoms. The molecule has 0 aromatic heterocycles. The van der Waals surface area contributed by atoms with Crippen LogP contribution in [0.15, 0.2) is 45.9 Å². The number of hydrogen-bond acceptors (Lipinski definition) is 4. The smallest absolute Gasteiger partial charge is 0.226 e. The van der Waals surface area contributed by atoms with Crippen LogP contribution in [0, 0.1) is 6.92 Å². The quantitative estimate of drug-likeness (QED) is 0.457. The summed E-state index contributed by atoms with van der Waals surface area (Å²) in [5, 5.41) is 5.83. The van der Waals surface area contributed by atoms with Crippen LogP contribution in [0.3, 0.4) is 0 Å². The largest absolute Gasteiger partial charge is 0.497 e. The van der Waals surface area contributed by atoms with Gasteiger partial charge in [0.25, 0.3) is 0 Å². The Morgan fingerprint density at radius 1 is 1.11 bits per heavy atom. The molecule has 1 amide bonds. The molecule has 4 N–H and O–H groups in total. The van der Waals surface area contributed by atoms with Crippen molar-refractivity contribution in [3.05, 3.63) is 46.4 Å². The number of methoxy groups -OCH3 is 2. The summed E-state index contributed by atoms with van der Waals surface area (Å²) < 4.78 is 11.4. The molecule has 0 fully saturated rings. The van der Waals surface area contributed by atoms with Crippen LogP contribution in [0.4, 0.5) is 11.4 Å². The Kier molecular flexibility index (Phi) is 7.48. The number of guanidine groups is 1. The maximum absolute atomic E-state index is 12.1. The molecule has 8 heteroatoms. The highest BCUT2D eigenvalue weighted by molar-refractivity contribution is 9.10. The van der Waals surface area contributed by atoms with Crippen molar-refractivity contribution in [2.75, 3.05) is 31.4 Å². The van der Waals surface area contributed by atoms with E-state index in [0.717, 1.165) is 15.7 Å². The lowest BCUT2D eigenvalue weighted by Crippen LogP contribution is -2.24. The van der Waals surface area contributed by atoms with E-state index in [1.165, 1.54) is 0 Å². The van der Waals surface area contributed by atoms with Gasteiger partial charge >= 0.3 is 0 Å². The Bertz CT molecular complexity index is 840. The molecule has 0 atom stereocenters. The first-order chi connectivity index (χ1) is 12.9. The van der Waals surface area contributed by atoms with Crippen molar-refractivity contribution in [1.29, 1.82) is 0 Å². The number of rotatable bonds is 7. The number of nitrogens with one attached hydrogen (secondary N) is 2. The van der Waals surface area contributed by atoms with Gasteiger partial charge in [-0.3, -0.25) is 9.79 Å². The van der Waals surface area contributed by atoms with Gasteiger partial charge in [-0.1, -0.05) is 15.9 Å². The standard InChI is InChI=1S/C19H23BrN4O3/c1-12-10-13(20)4-6-15(12)23-18(25)8-9-22-19(21)24-16-11-14(26-2)5-7-17(16)27-3/h4-7,10-11H,8-9H2,1-3H3,(H,23,25)(H3,21,22,24). The summed E-state index contributed by atoms with van der Waals surface area (Å²) in [6.45, 7) is 2.19. The minimum atomic E-state index is -0.129. The molecule has 0 aliphatic rings. The van der Waals surface area contributed by atoms with Crippen molar-refractivity contribution in [1.82, 2.24) is 0 Å². The molecule has 27 heavy (non-hydrogen) atoms. The van der Waals surface area contributed by atoms with E-state index in [1.54, 1.807) is 32.4 Å². The fraction of sp³-hybridized carbons (Fsp3) is 0.263. The number of nitrogens with two attached hydrogens (primary N) is 1. The van der Waals surface area contributed by atoms with E-state index in [-0.39, 0.29) is 24.8 Å². The van der Waals surface area contributed by atoms with E-state index < -0.39 is 0 Å². The molecule has 2 aromatic rings. The molecular formula is C19H23BrN4O3. The molecule has 144 valence electrons. The molecule has 0 aliphatic carbocycles. The fourth-order valence-corrected chi connectivity index (χ4v) is 2.82. The molecular weight excluding hydrogens is 412 g/mol. The third-order valence-electron chi connectivity index (χ3n) is 3.75. The van der Waals surface area contributed by atoms with E-state index in [9.17, 15) is 4.79 Å². The highest BCUT2D eigenvalue weighted by Gasteiger charge is 2.07. The summed E-state index contributed by atoms with van der Waals surface area (Å²) >= 11 is 3.40. The zero-order valence-electron chi connectivity index (χ0n) is 15.5. The van der Waals surface area contributed by atoms with Gasteiger partial charge in [0.1, 0.15) is 11.5 Å². The van der Waals surface area contributed by atoms with Crippen LogP contribution in [0.2, 0.25) is 0 Å². The second kappa shape index (κ2) is 9.82. The van der Waals surface area contributed by atoms with Crippen molar-refractivity contribution in [3.63, 3.8) is 0 Å². The van der Waals surface area contributed by atoms with Crippen LogP contribution in [0.1, 0.15) is 12.0 Å². The molecule has 2 rings (SSSR count). The molecule has 0 aliphatic heterocycles. The van der Waals surface area contributed by atoms with Crippen molar-refractivity contribution >= 4 is 39.2 Å². The Hall–Kier alpha value is -2.74. The number of benzene rings is 2. The van der Waals surface area contributed by atoms with Crippen LogP contribution < -0.4 is 25.8 Å². The van der Waals surface area contributed by atoms with E-state index in [0.29, 0.717) is 17.2 Å². The van der Waals surface area contributed by atoms with Gasteiger partial charge in [0.05, 0.1) is 26.5 Å². The lowest BCUT2D eigenvalue weighted by molar-refractivity contribution is -0.116. The fourth-order valence-electron chi connectivity index (χ4n) is 2.35. The number of carbonyl (C=O) groups is 1. The maximum Gasteiger partial charge on any atom is 0.226 e. The lowest BCUT2D eigenvalue weighted by atomic mass is 10.2. The third-order valence-corrected chi connectivity index (χ3v) is 4.25. The topological polar surface area (TPSA) is 98.0 Å². The molecule has 0 unspecified atom stereocenters. The lowest BCUT2D eigenvalue weighted by Gasteiger charge is -2.12. The first-order valence-electron chi connectivity index (χ1n) is 8.28. The summed E-state index contributed by atoms with van der Waals surface area (Å²) in [5.41, 5.74) is 8.29. The zero-order valence-corrected chi connectivity index (χ0v) is 17.1. The zero-order chi connectivity index (χ0) is 19.8. The highest BCUT2D eigenvalue weighted by Crippen LogP contribution is 2.28. The molecule has 0 heterocycles. The minimum absolute atomic E-state index is 0.129. The Balaban J connectivity index is 1.91. The Morgan fingerprint density at radius 2 is 1.89 bits per heavy atom. The van der Waals surface area contributed by atoms with E-state index >= 15 is 0 Å². The van der Waals surface area contributed by atoms with Crippen LogP contribution in [0.5, 0.6) is 11.5 Å². The number of hydrogen-bond donors (Lipinski definition) is 3. The molecule has 2 aromatic carbocycles. The molecule has 0 bridgehead atoms. The van der Waals surface area contributed by atoms with Crippen LogP contribution in [-0.2, 0) is 4.79 Å². The predicted octanol–water partition coefficient (Wildman–Crippen LogP) is 3.53. The highest BCUT2D eigenvalue weighted by atomic mass is 79.9. The number of ether oxygens (including phenoxy) is 2. The number of aryl methyl sites for hydroxylation is 1. The summed E-state index contributed by atoms with van der Waals surface area (Å²) in [7, 11) is 3.14.